The van der Waals surface area contributed by atoms with Crippen molar-refractivity contribution in [2.45, 2.75) is 251 Å². The van der Waals surface area contributed by atoms with E-state index < -0.39 is 93.5 Å². The number of benzene rings is 2. The van der Waals surface area contributed by atoms with E-state index in [-0.39, 0.29) is 110 Å². The Hall–Kier alpha value is -8.47. The van der Waals surface area contributed by atoms with Gasteiger partial charge in [-0.25, -0.2) is 29.3 Å². The third-order valence-corrected chi connectivity index (χ3v) is 16.8. The largest absolute Gasteiger partial charge is 0.447 e. The van der Waals surface area contributed by atoms with Crippen LogP contribution in [-0.4, -0.2) is 161 Å². The van der Waals surface area contributed by atoms with E-state index in [4.69, 9.17) is 31.5 Å². The first kappa shape index (κ1) is 86.9. The van der Waals surface area contributed by atoms with Gasteiger partial charge < -0.3 is 40.0 Å². The van der Waals surface area contributed by atoms with Gasteiger partial charge in [0.05, 0.1) is 40.6 Å². The normalized spacial score (nSPS) is 20.1. The highest BCUT2D eigenvalue weighted by molar-refractivity contribution is 6.67. The molecule has 3 aromatic heterocycles. The van der Waals surface area contributed by atoms with Crippen molar-refractivity contribution in [3.05, 3.63) is 88.8 Å². The van der Waals surface area contributed by atoms with Gasteiger partial charge in [-0.1, -0.05) is 41.5 Å². The van der Waals surface area contributed by atoms with E-state index in [0.29, 0.717) is 49.7 Å². The summed E-state index contributed by atoms with van der Waals surface area (Å²) in [4.78, 5) is 91.8. The highest BCUT2D eigenvalue weighted by Gasteiger charge is 2.46. The second-order valence-corrected chi connectivity index (χ2v) is 25.9. The lowest BCUT2D eigenvalue weighted by Gasteiger charge is -2.46. The topological polar surface area (TPSA) is 273 Å². The lowest BCUT2D eigenvalue weighted by molar-refractivity contribution is -0.144. The van der Waals surface area contributed by atoms with E-state index in [1.807, 2.05) is 67.3 Å². The second-order valence-electron chi connectivity index (χ2n) is 25.6. The first-order valence-corrected chi connectivity index (χ1v) is 33.9. The van der Waals surface area contributed by atoms with Gasteiger partial charge in [0.1, 0.15) is 24.8 Å². The fourth-order valence-electron chi connectivity index (χ4n) is 11.9. The van der Waals surface area contributed by atoms with Gasteiger partial charge in [0.15, 0.2) is 0 Å². The van der Waals surface area contributed by atoms with Gasteiger partial charge in [0.25, 0.3) is 17.1 Å². The van der Waals surface area contributed by atoms with Crippen molar-refractivity contribution in [3.8, 4) is 0 Å². The monoisotopic (exact) mass is 1500 g/mol. The zero-order valence-electron chi connectivity index (χ0n) is 60.0. The van der Waals surface area contributed by atoms with Gasteiger partial charge in [-0.2, -0.15) is 52.7 Å². The zero-order valence-corrected chi connectivity index (χ0v) is 60.8. The minimum absolute atomic E-state index is 0.00690. The summed E-state index contributed by atoms with van der Waals surface area (Å²) in [5, 5.41) is 14.1. The summed E-state index contributed by atoms with van der Waals surface area (Å²) in [5.74, 6) is -0.0349. The van der Waals surface area contributed by atoms with Crippen molar-refractivity contribution in [3.63, 3.8) is 0 Å². The number of nitrogens with two attached hydrogens (primary N) is 1. The molecule has 576 valence electrons. The SMILES string of the molecule is CC[C@@H]1CC(=O)C[C@H](CC)N1C(=O)OC(C)C.CC[C@@H]1CC(N(C(=O)c2cc(C(F)(F)F)cc(C(F)(F)F)c2)c2ncn(C)n2)C[C@H](CC)N1C(=O)OC(C)C.CC[C@@H]1CC(Nc2ncn(C)n2)C[C@H](CC)N1C(=O)OC(C)C.Cn1cnc(N)n1.O=C(Cl)c1cc(C(F)(F)F)cc(C(F)(F)F)c1. The predicted octanol–water partition coefficient (Wildman–Crippen LogP) is 15.1. The maximum atomic E-state index is 13.8. The molecule has 3 saturated heterocycles. The fourth-order valence-corrected chi connectivity index (χ4v) is 12.0. The van der Waals surface area contributed by atoms with Crippen LogP contribution in [0.4, 0.5) is 84.9 Å². The number of rotatable bonds is 15. The number of amides is 4. The molecule has 0 spiro atoms. The van der Waals surface area contributed by atoms with Crippen LogP contribution in [0.15, 0.2) is 55.4 Å². The van der Waals surface area contributed by atoms with E-state index >= 15 is 0 Å². The highest BCUT2D eigenvalue weighted by atomic mass is 35.5. The summed E-state index contributed by atoms with van der Waals surface area (Å²) in [7, 11) is 5.13. The standard InChI is InChI=1S/C25H31F6N5O3.C16H29N5O2.C13H23NO3.C9H3ClF6O.C3H6N4/c1-6-18-11-20(12-19(7-2)35(18)23(38)39-14(3)4)36(22-32-13-34(5)33-22)21(37)15-8-16(24(26,27)28)10-17(9-15)25(29,30)31;1-6-13-8-12(18-15-17-10-20(5)19-15)9-14(7-2)21(13)16(22)23-11(3)4;1-5-10-7-12(15)8-11(6-2)14(10)13(16)17-9(3)4;10-7(17)4-1-5(8(11,12)13)3-6(2-4)9(14,15)16;1-7-2-5-3(4)6-7/h8-10,13-14,18-20H,6-7,11-12H2,1-5H3;10-14H,6-9H2,1-5H3,(H,18,19);9-11H,5-8H2,1-4H3;1-3H;2H,1H3,(H2,4,6)/t18-,19+,20?;12?,13-,14+;10-,11+;;. The molecule has 8 rings (SSSR count). The van der Waals surface area contributed by atoms with Crippen LogP contribution in [-0.2, 0) is 64.9 Å². The number of nitrogens with zero attached hydrogens (tertiary/aromatic N) is 13. The van der Waals surface area contributed by atoms with Crippen LogP contribution >= 0.6 is 11.6 Å². The Morgan fingerprint density at radius 1 is 0.505 bits per heavy atom. The number of Topliss-reactive ketones (excluding diaryl/α,β-unsaturated/α-hetero) is 1. The van der Waals surface area contributed by atoms with Gasteiger partial charge in [-0.15, -0.1) is 15.3 Å². The number of anilines is 3. The minimum atomic E-state index is -5.12. The molecule has 0 bridgehead atoms. The molecule has 3 aliphatic heterocycles. The lowest BCUT2D eigenvalue weighted by atomic mass is 9.87. The molecule has 0 saturated carbocycles. The van der Waals surface area contributed by atoms with Gasteiger partial charge in [-0.3, -0.25) is 33.3 Å². The molecule has 3 N–H and O–H groups in total. The number of nitrogens with one attached hydrogen (secondary N) is 1. The Kier molecular flexibility index (Phi) is 31.9. The quantitative estimate of drug-likeness (QED) is 0.0560. The summed E-state index contributed by atoms with van der Waals surface area (Å²) in [5.41, 5.74) is -2.86. The fraction of sp³-hybridized carbons (Fsp3) is 0.636. The number of aryl methyl sites for hydroxylation is 3. The Morgan fingerprint density at radius 3 is 1.12 bits per heavy atom. The number of carbonyl (C=O) groups excluding carboxylic acids is 6. The molecule has 3 fully saturated rings. The van der Waals surface area contributed by atoms with E-state index in [2.05, 4.69) is 49.4 Å². The van der Waals surface area contributed by atoms with E-state index in [9.17, 15) is 81.5 Å². The molecule has 37 heteroatoms. The molecule has 0 aliphatic carbocycles. The van der Waals surface area contributed by atoms with Crippen LogP contribution in [0.5, 0.6) is 0 Å². The third kappa shape index (κ3) is 25.7. The molecule has 2 unspecified atom stereocenters. The Bertz CT molecular complexity index is 3460. The summed E-state index contributed by atoms with van der Waals surface area (Å²) < 4.78 is 175. The molecule has 6 heterocycles. The number of piperidine rings is 3. The smallest absolute Gasteiger partial charge is 0.416 e. The van der Waals surface area contributed by atoms with Crippen molar-refractivity contribution in [1.82, 2.24) is 59.0 Å². The Labute approximate surface area is 594 Å². The van der Waals surface area contributed by atoms with Crippen LogP contribution in [0, 0.1) is 0 Å². The van der Waals surface area contributed by atoms with Crippen molar-refractivity contribution in [2.24, 2.45) is 21.1 Å². The van der Waals surface area contributed by atoms with E-state index in [1.54, 1.807) is 52.7 Å². The number of alkyl halides is 12. The lowest BCUT2D eigenvalue weighted by Crippen LogP contribution is -2.58. The first-order chi connectivity index (χ1) is 47.8. The van der Waals surface area contributed by atoms with Crippen molar-refractivity contribution in [2.75, 3.05) is 16.0 Å². The number of ether oxygens (including phenoxy) is 3. The molecule has 3 aliphatic rings. The molecule has 5 aromatic rings. The van der Waals surface area contributed by atoms with Gasteiger partial charge in [0.2, 0.25) is 11.9 Å². The molecule has 8 atom stereocenters. The summed E-state index contributed by atoms with van der Waals surface area (Å²) >= 11 is 4.87. The van der Waals surface area contributed by atoms with Crippen LogP contribution in [0.2, 0.25) is 0 Å². The number of aromatic nitrogens is 9. The average Bonchev–Trinajstić information content (AvgIpc) is 1.59. The summed E-state index contributed by atoms with van der Waals surface area (Å²) in [6.45, 7) is 22.8. The second kappa shape index (κ2) is 37.8. The minimum Gasteiger partial charge on any atom is -0.447 e. The molecular formula is C66H92ClF12N15O9. The number of hydrogen-bond donors (Lipinski definition) is 2. The van der Waals surface area contributed by atoms with Crippen molar-refractivity contribution >= 4 is 64.7 Å². The average molecular weight is 1500 g/mol. The predicted molar refractivity (Wildman–Crippen MR) is 356 cm³/mol. The first-order valence-electron chi connectivity index (χ1n) is 33.5. The summed E-state index contributed by atoms with van der Waals surface area (Å²) in [6.07, 6.45) is -9.78. The van der Waals surface area contributed by atoms with E-state index in [0.717, 1.165) is 43.4 Å². The molecule has 103 heavy (non-hydrogen) atoms. The highest BCUT2D eigenvalue weighted by Crippen LogP contribution is 2.40. The van der Waals surface area contributed by atoms with E-state index in [1.165, 1.54) is 18.1 Å². The molecule has 24 nitrogen and oxygen atoms in total. The Morgan fingerprint density at radius 2 is 0.835 bits per heavy atom. The molecule has 4 amide bonds. The number of hydrogen-bond acceptors (Lipinski definition) is 17. The number of ketones is 1. The maximum Gasteiger partial charge on any atom is 0.416 e. The van der Waals surface area contributed by atoms with Gasteiger partial charge in [-0.05, 0) is 154 Å². The van der Waals surface area contributed by atoms with Gasteiger partial charge >= 0.3 is 43.0 Å². The number of nitrogen functional groups attached to an aromatic ring is 1. The summed E-state index contributed by atoms with van der Waals surface area (Å²) in [6, 6.07) is 0.337. The number of likely N-dealkylation sites (tertiary alicyclic amines) is 3. The Balaban J connectivity index is 0.000000299. The maximum absolute atomic E-state index is 13.8. The zero-order chi connectivity index (χ0) is 78.0. The van der Waals surface area contributed by atoms with Crippen LogP contribution in [0.3, 0.4) is 0 Å². The van der Waals surface area contributed by atoms with Crippen molar-refractivity contribution < 1.29 is 95.7 Å². The number of carbonyl (C=O) groups is 6. The van der Waals surface area contributed by atoms with Crippen molar-refractivity contribution in [1.29, 1.82) is 0 Å². The third-order valence-electron chi connectivity index (χ3n) is 16.5. The number of halogens is 13. The van der Waals surface area contributed by atoms with Crippen LogP contribution in [0.1, 0.15) is 203 Å². The molecular weight excluding hydrogens is 1410 g/mol. The van der Waals surface area contributed by atoms with Gasteiger partial charge in [0, 0.05) is 93.4 Å². The molecule has 0 radical (unpaired) electrons. The van der Waals surface area contributed by atoms with Crippen LogP contribution in [0.25, 0.3) is 0 Å². The molecule has 2 aromatic carbocycles. The van der Waals surface area contributed by atoms with Crippen LogP contribution < -0.4 is 16.0 Å².